The second kappa shape index (κ2) is 9.61. The van der Waals surface area contributed by atoms with Gasteiger partial charge >= 0.3 is 17.9 Å². The van der Waals surface area contributed by atoms with Gasteiger partial charge in [-0.3, -0.25) is 9.59 Å². The van der Waals surface area contributed by atoms with Crippen molar-refractivity contribution in [1.29, 1.82) is 0 Å². The molecule has 136 valence electrons. The van der Waals surface area contributed by atoms with Gasteiger partial charge in [0.05, 0.1) is 13.5 Å². The van der Waals surface area contributed by atoms with Crippen molar-refractivity contribution in [3.05, 3.63) is 47.5 Å². The monoisotopic (exact) mass is 348 g/mol. The van der Waals surface area contributed by atoms with Crippen LogP contribution in [0.4, 0.5) is 0 Å². The minimum absolute atomic E-state index is 0.0126. The van der Waals surface area contributed by atoms with Crippen LogP contribution in [0.3, 0.4) is 0 Å². The van der Waals surface area contributed by atoms with E-state index in [4.69, 9.17) is 9.47 Å². The van der Waals surface area contributed by atoms with Gasteiger partial charge in [-0.25, -0.2) is 4.79 Å². The van der Waals surface area contributed by atoms with E-state index < -0.39 is 29.9 Å². The molecule has 1 aromatic carbocycles. The third-order valence-corrected chi connectivity index (χ3v) is 3.42. The summed E-state index contributed by atoms with van der Waals surface area (Å²) in [5.74, 6) is -2.13. The Morgan fingerprint density at radius 2 is 1.72 bits per heavy atom. The van der Waals surface area contributed by atoms with Gasteiger partial charge in [0.15, 0.2) is 0 Å². The number of carbonyl (C=O) groups excluding carboxylic acids is 3. The molecule has 0 unspecified atom stereocenters. The predicted octanol–water partition coefficient (Wildman–Crippen LogP) is 2.95. The first kappa shape index (κ1) is 20.4. The van der Waals surface area contributed by atoms with E-state index in [1.165, 1.54) is 14.0 Å². The number of benzene rings is 1. The lowest BCUT2D eigenvalue weighted by Crippen LogP contribution is -2.46. The van der Waals surface area contributed by atoms with Crippen LogP contribution in [0.5, 0.6) is 0 Å². The van der Waals surface area contributed by atoms with Gasteiger partial charge < -0.3 is 14.2 Å². The summed E-state index contributed by atoms with van der Waals surface area (Å²) in [5, 5.41) is 0. The highest BCUT2D eigenvalue weighted by atomic mass is 16.6. The average Bonchev–Trinajstić information content (AvgIpc) is 2.57. The first-order valence-corrected chi connectivity index (χ1v) is 7.90. The molecule has 25 heavy (non-hydrogen) atoms. The van der Waals surface area contributed by atoms with Crippen molar-refractivity contribution in [2.45, 2.75) is 45.8 Å². The maximum atomic E-state index is 12.7. The van der Waals surface area contributed by atoms with Gasteiger partial charge in [0.1, 0.15) is 6.61 Å². The molecular formula is C19H24O6. The molecule has 0 radical (unpaired) electrons. The summed E-state index contributed by atoms with van der Waals surface area (Å²) in [6.07, 6.45) is 1.33. The Labute approximate surface area is 147 Å². The number of ether oxygens (including phenoxy) is 3. The highest BCUT2D eigenvalue weighted by Crippen LogP contribution is 2.26. The van der Waals surface area contributed by atoms with Crippen LogP contribution < -0.4 is 0 Å². The lowest BCUT2D eigenvalue weighted by atomic mass is 9.93. The van der Waals surface area contributed by atoms with Crippen LogP contribution in [0.25, 0.3) is 0 Å². The third kappa shape index (κ3) is 6.79. The molecule has 0 heterocycles. The fraction of sp³-hybridized carbons (Fsp3) is 0.421. The number of allylic oxidation sites excluding steroid dienone is 1. The second-order valence-electron chi connectivity index (χ2n) is 5.89. The molecule has 0 N–H and O–H groups in total. The molecule has 0 spiro atoms. The zero-order chi connectivity index (χ0) is 18.9. The summed E-state index contributed by atoms with van der Waals surface area (Å²) in [5.41, 5.74) is -0.0459. The maximum absolute atomic E-state index is 12.7. The van der Waals surface area contributed by atoms with E-state index in [9.17, 15) is 14.4 Å². The molecule has 1 atom stereocenters. The van der Waals surface area contributed by atoms with Crippen LogP contribution in [0.1, 0.15) is 39.2 Å². The lowest BCUT2D eigenvalue weighted by molar-refractivity contribution is -0.186. The summed E-state index contributed by atoms with van der Waals surface area (Å²) in [6, 6.07) is 9.09. The van der Waals surface area contributed by atoms with Gasteiger partial charge in [0, 0.05) is 13.3 Å². The zero-order valence-electron chi connectivity index (χ0n) is 15.0. The normalized spacial score (nSPS) is 12.5. The maximum Gasteiger partial charge on any atom is 0.351 e. The minimum atomic E-state index is -1.75. The molecule has 0 saturated heterocycles. The van der Waals surface area contributed by atoms with E-state index in [-0.39, 0.29) is 13.0 Å². The second-order valence-corrected chi connectivity index (χ2v) is 5.89. The van der Waals surface area contributed by atoms with Crippen molar-refractivity contribution in [2.75, 3.05) is 7.11 Å². The summed E-state index contributed by atoms with van der Waals surface area (Å²) >= 11 is 0. The smallest absolute Gasteiger partial charge is 0.351 e. The van der Waals surface area contributed by atoms with Crippen molar-refractivity contribution < 1.29 is 28.6 Å². The molecule has 0 amide bonds. The summed E-state index contributed by atoms with van der Waals surface area (Å²) in [7, 11) is 1.21. The van der Waals surface area contributed by atoms with E-state index >= 15 is 0 Å². The van der Waals surface area contributed by atoms with Crippen molar-refractivity contribution in [2.24, 2.45) is 0 Å². The van der Waals surface area contributed by atoms with E-state index in [1.807, 2.05) is 32.0 Å². The number of hydrogen-bond acceptors (Lipinski definition) is 6. The molecular weight excluding hydrogens is 324 g/mol. The number of hydrogen-bond donors (Lipinski definition) is 0. The molecule has 0 aliphatic carbocycles. The van der Waals surface area contributed by atoms with Gasteiger partial charge in [-0.2, -0.15) is 0 Å². The summed E-state index contributed by atoms with van der Waals surface area (Å²) in [4.78, 5) is 36.0. The molecule has 0 aromatic heterocycles. The quantitative estimate of drug-likeness (QED) is 0.408. The van der Waals surface area contributed by atoms with E-state index in [1.54, 1.807) is 18.2 Å². The molecule has 1 rings (SSSR count). The van der Waals surface area contributed by atoms with Crippen molar-refractivity contribution >= 4 is 17.9 Å². The fourth-order valence-electron chi connectivity index (χ4n) is 2.15. The van der Waals surface area contributed by atoms with E-state index in [0.29, 0.717) is 0 Å². The van der Waals surface area contributed by atoms with Crippen LogP contribution in [0.15, 0.2) is 42.0 Å². The first-order valence-electron chi connectivity index (χ1n) is 7.90. The largest absolute Gasteiger partial charge is 0.469 e. The number of methoxy groups -OCH3 is 1. The van der Waals surface area contributed by atoms with Crippen LogP contribution in [-0.4, -0.2) is 30.6 Å². The molecule has 6 nitrogen and oxygen atoms in total. The topological polar surface area (TPSA) is 78.9 Å². The molecule has 1 aromatic rings. The van der Waals surface area contributed by atoms with Crippen LogP contribution in [0.2, 0.25) is 0 Å². The van der Waals surface area contributed by atoms with Gasteiger partial charge in [0.2, 0.25) is 5.60 Å². The molecule has 0 bridgehead atoms. The molecule has 0 aliphatic heterocycles. The third-order valence-electron chi connectivity index (χ3n) is 3.42. The zero-order valence-corrected chi connectivity index (χ0v) is 15.0. The van der Waals surface area contributed by atoms with Crippen LogP contribution >= 0.6 is 0 Å². The van der Waals surface area contributed by atoms with Crippen molar-refractivity contribution in [3.8, 4) is 0 Å². The SMILES string of the molecule is COC(=O)C[C@@](CC=C(C)C)(OC(C)=O)C(=O)OCc1ccccc1. The number of carbonyl (C=O) groups is 3. The predicted molar refractivity (Wildman–Crippen MR) is 91.4 cm³/mol. The molecule has 0 saturated carbocycles. The van der Waals surface area contributed by atoms with Gasteiger partial charge in [0.25, 0.3) is 0 Å². The average molecular weight is 348 g/mol. The highest BCUT2D eigenvalue weighted by Gasteiger charge is 2.45. The van der Waals surface area contributed by atoms with Crippen molar-refractivity contribution in [1.82, 2.24) is 0 Å². The molecule has 0 aliphatic rings. The van der Waals surface area contributed by atoms with Crippen molar-refractivity contribution in [3.63, 3.8) is 0 Å². The number of rotatable bonds is 8. The summed E-state index contributed by atoms with van der Waals surface area (Å²) < 4.78 is 15.2. The van der Waals surface area contributed by atoms with Gasteiger partial charge in [-0.15, -0.1) is 0 Å². The number of esters is 3. The van der Waals surface area contributed by atoms with Crippen LogP contribution in [-0.2, 0) is 35.2 Å². The Balaban J connectivity index is 3.06. The van der Waals surface area contributed by atoms with E-state index in [2.05, 4.69) is 4.74 Å². The minimum Gasteiger partial charge on any atom is -0.469 e. The Hall–Kier alpha value is -2.63. The Bertz CT molecular complexity index is 631. The van der Waals surface area contributed by atoms with Gasteiger partial charge in [-0.05, 0) is 19.4 Å². The fourth-order valence-corrected chi connectivity index (χ4v) is 2.15. The Morgan fingerprint density at radius 3 is 2.24 bits per heavy atom. The standard InChI is InChI=1S/C19H24O6/c1-14(2)10-11-19(25-15(3)20,12-17(21)23-4)18(22)24-13-16-8-6-5-7-9-16/h5-10H,11-13H2,1-4H3/t19-/m1/s1. The Kier molecular flexibility index (Phi) is 7.85. The van der Waals surface area contributed by atoms with E-state index in [0.717, 1.165) is 11.1 Å². The Morgan fingerprint density at radius 1 is 1.08 bits per heavy atom. The molecule has 6 heteroatoms. The highest BCUT2D eigenvalue weighted by molar-refractivity contribution is 5.88. The summed E-state index contributed by atoms with van der Waals surface area (Å²) in [6.45, 7) is 4.87. The van der Waals surface area contributed by atoms with Crippen LogP contribution in [0, 0.1) is 0 Å². The van der Waals surface area contributed by atoms with Gasteiger partial charge in [-0.1, -0.05) is 42.0 Å². The molecule has 0 fully saturated rings. The lowest BCUT2D eigenvalue weighted by Gasteiger charge is -2.29. The first-order chi connectivity index (χ1) is 11.8.